The molecule has 0 bridgehead atoms. The van der Waals surface area contributed by atoms with Crippen molar-refractivity contribution in [1.29, 1.82) is 0 Å². The number of H-pyrrole nitrogens is 1. The van der Waals surface area contributed by atoms with E-state index in [4.69, 9.17) is 11.6 Å². The number of fused-ring (bicyclic) bond motifs is 2. The van der Waals surface area contributed by atoms with Crippen LogP contribution in [0.3, 0.4) is 0 Å². The lowest BCUT2D eigenvalue weighted by Crippen LogP contribution is -2.46. The lowest BCUT2D eigenvalue weighted by Gasteiger charge is -2.32. The number of halogens is 1. The van der Waals surface area contributed by atoms with Crippen molar-refractivity contribution in [2.45, 2.75) is 32.7 Å². The van der Waals surface area contributed by atoms with Crippen LogP contribution in [0.5, 0.6) is 0 Å². The second kappa shape index (κ2) is 9.50. The smallest absolute Gasteiger partial charge is 0.293 e. The summed E-state index contributed by atoms with van der Waals surface area (Å²) in [4.78, 5) is 36.1. The highest BCUT2D eigenvalue weighted by Crippen LogP contribution is 2.24. The summed E-state index contributed by atoms with van der Waals surface area (Å²) < 4.78 is 1.76. The second-order valence-electron chi connectivity index (χ2n) is 8.80. The number of aromatic amines is 1. The molecule has 1 amide bonds. The fourth-order valence-electron chi connectivity index (χ4n) is 4.90. The van der Waals surface area contributed by atoms with Gasteiger partial charge >= 0.3 is 0 Å². The van der Waals surface area contributed by atoms with E-state index in [9.17, 15) is 9.59 Å². The van der Waals surface area contributed by atoms with Crippen molar-refractivity contribution in [3.63, 3.8) is 0 Å². The van der Waals surface area contributed by atoms with Gasteiger partial charge in [0.25, 0.3) is 5.56 Å². The first-order chi connectivity index (χ1) is 16.5. The Hall–Kier alpha value is -3.32. The number of hydrogen-bond acceptors (Lipinski definition) is 4. The average Bonchev–Trinajstić information content (AvgIpc) is 3.25. The molecule has 0 spiro atoms. The fourth-order valence-corrected chi connectivity index (χ4v) is 5.08. The van der Waals surface area contributed by atoms with E-state index in [1.54, 1.807) is 4.57 Å². The first-order valence-electron chi connectivity index (χ1n) is 11.8. The van der Waals surface area contributed by atoms with Gasteiger partial charge in [-0.3, -0.25) is 9.59 Å². The summed E-state index contributed by atoms with van der Waals surface area (Å²) >= 11 is 6.14. The number of nitrogens with one attached hydrogen (secondary N) is 2. The maximum atomic E-state index is 13.2. The highest BCUT2D eigenvalue weighted by molar-refractivity contribution is 6.31. The number of carbonyl (C=O) groups is 1. The Bertz CT molecular complexity index is 1410. The van der Waals surface area contributed by atoms with Crippen molar-refractivity contribution >= 4 is 45.3 Å². The molecule has 4 aromatic rings. The number of amides is 1. The van der Waals surface area contributed by atoms with Gasteiger partial charge in [-0.05, 0) is 62.1 Å². The zero-order valence-electron chi connectivity index (χ0n) is 19.2. The predicted octanol–water partition coefficient (Wildman–Crippen LogP) is 4.13. The maximum absolute atomic E-state index is 13.2. The van der Waals surface area contributed by atoms with E-state index in [0.29, 0.717) is 30.5 Å². The summed E-state index contributed by atoms with van der Waals surface area (Å²) in [5.41, 5.74) is 3.70. The molecule has 5 rings (SSSR count). The van der Waals surface area contributed by atoms with E-state index in [-0.39, 0.29) is 17.4 Å². The minimum absolute atomic E-state index is 0.0270. The van der Waals surface area contributed by atoms with Gasteiger partial charge in [0, 0.05) is 48.3 Å². The van der Waals surface area contributed by atoms with Gasteiger partial charge in [-0.2, -0.15) is 0 Å². The Kier molecular flexibility index (Phi) is 6.28. The molecule has 34 heavy (non-hydrogen) atoms. The van der Waals surface area contributed by atoms with Crippen LogP contribution >= 0.6 is 11.6 Å². The number of aromatic nitrogens is 3. The number of hydrogen-bond donors (Lipinski definition) is 2. The first kappa shape index (κ1) is 22.5. The number of nitrogens with zero attached hydrogens (tertiary/aromatic N) is 3. The molecule has 1 atom stereocenters. The van der Waals surface area contributed by atoms with Crippen molar-refractivity contribution < 1.29 is 4.79 Å². The summed E-state index contributed by atoms with van der Waals surface area (Å²) in [6.45, 7) is 4.31. The summed E-state index contributed by atoms with van der Waals surface area (Å²) in [7, 11) is 0. The SMILES string of the molecule is CCn1c(=O)c(N2CCCC(C(=O)NCCc3c[nH]c4ccc(Cl)cc34)C2)nc2ccccc21. The molecule has 7 nitrogen and oxygen atoms in total. The van der Waals surface area contributed by atoms with Gasteiger partial charge in [0.15, 0.2) is 5.82 Å². The monoisotopic (exact) mass is 477 g/mol. The van der Waals surface area contributed by atoms with Crippen molar-refractivity contribution in [1.82, 2.24) is 19.9 Å². The van der Waals surface area contributed by atoms with Crippen LogP contribution in [0.25, 0.3) is 21.9 Å². The Morgan fingerprint density at radius 1 is 1.26 bits per heavy atom. The van der Waals surface area contributed by atoms with Crippen LogP contribution in [0, 0.1) is 5.92 Å². The molecule has 0 saturated carbocycles. The summed E-state index contributed by atoms with van der Waals surface area (Å²) in [5.74, 6) is 0.293. The summed E-state index contributed by atoms with van der Waals surface area (Å²) in [6, 6.07) is 13.5. The number of aryl methyl sites for hydroxylation is 1. The zero-order chi connectivity index (χ0) is 23.7. The van der Waals surface area contributed by atoms with Crippen molar-refractivity contribution in [3.05, 3.63) is 69.6 Å². The number of carbonyl (C=O) groups excluding carboxylic acids is 1. The van der Waals surface area contributed by atoms with Crippen LogP contribution in [0.1, 0.15) is 25.3 Å². The average molecular weight is 478 g/mol. The molecule has 2 aromatic carbocycles. The minimum atomic E-state index is -0.172. The largest absolute Gasteiger partial charge is 0.361 e. The molecule has 1 aliphatic rings. The molecular formula is C26H28ClN5O2. The number of rotatable bonds is 6. The molecule has 0 radical (unpaired) electrons. The third-order valence-electron chi connectivity index (χ3n) is 6.67. The van der Waals surface area contributed by atoms with E-state index in [2.05, 4.69) is 15.3 Å². The molecule has 1 aliphatic heterocycles. The van der Waals surface area contributed by atoms with E-state index >= 15 is 0 Å². The van der Waals surface area contributed by atoms with Gasteiger partial charge in [0.05, 0.1) is 17.0 Å². The summed E-state index contributed by atoms with van der Waals surface area (Å²) in [5, 5.41) is 4.87. The first-order valence-corrected chi connectivity index (χ1v) is 12.2. The predicted molar refractivity (Wildman–Crippen MR) is 137 cm³/mol. The molecule has 2 N–H and O–H groups in total. The van der Waals surface area contributed by atoms with Crippen molar-refractivity contribution in [2.24, 2.45) is 5.92 Å². The Balaban J connectivity index is 1.27. The molecule has 176 valence electrons. The molecule has 0 aliphatic carbocycles. The molecule has 3 heterocycles. The summed E-state index contributed by atoms with van der Waals surface area (Å²) in [6.07, 6.45) is 4.34. The van der Waals surface area contributed by atoms with E-state index in [0.717, 1.165) is 53.3 Å². The molecule has 1 unspecified atom stereocenters. The van der Waals surface area contributed by atoms with Crippen LogP contribution in [-0.4, -0.2) is 40.1 Å². The van der Waals surface area contributed by atoms with Crippen LogP contribution in [0.2, 0.25) is 5.02 Å². The number of piperidine rings is 1. The van der Waals surface area contributed by atoms with E-state index in [1.807, 2.05) is 60.5 Å². The van der Waals surface area contributed by atoms with Gasteiger partial charge < -0.3 is 19.8 Å². The zero-order valence-corrected chi connectivity index (χ0v) is 19.9. The third-order valence-corrected chi connectivity index (χ3v) is 6.90. The minimum Gasteiger partial charge on any atom is -0.361 e. The lowest BCUT2D eigenvalue weighted by molar-refractivity contribution is -0.125. The molecule has 2 aromatic heterocycles. The second-order valence-corrected chi connectivity index (χ2v) is 9.24. The van der Waals surface area contributed by atoms with Gasteiger partial charge in [-0.15, -0.1) is 0 Å². The molecule has 1 saturated heterocycles. The molecular weight excluding hydrogens is 450 g/mol. The fraction of sp³-hybridized carbons (Fsp3) is 0.346. The standard InChI is InChI=1S/C26H28ClN5O2/c1-2-32-23-8-4-3-7-22(23)30-24(26(32)34)31-13-5-6-18(16-31)25(33)28-12-11-17-15-29-21-10-9-19(27)14-20(17)21/h3-4,7-10,14-15,18,29H,2,5-6,11-13,16H2,1H3,(H,28,33). The maximum Gasteiger partial charge on any atom is 0.293 e. The van der Waals surface area contributed by atoms with Crippen LogP contribution in [0.4, 0.5) is 5.82 Å². The van der Waals surface area contributed by atoms with Crippen LogP contribution < -0.4 is 15.8 Å². The number of para-hydroxylation sites is 2. The highest BCUT2D eigenvalue weighted by Gasteiger charge is 2.28. The van der Waals surface area contributed by atoms with Crippen LogP contribution in [-0.2, 0) is 17.8 Å². The molecule has 8 heteroatoms. The third kappa shape index (κ3) is 4.28. The normalized spacial score (nSPS) is 16.3. The van der Waals surface area contributed by atoms with Crippen LogP contribution in [0.15, 0.2) is 53.5 Å². The van der Waals surface area contributed by atoms with Gasteiger partial charge in [-0.1, -0.05) is 23.7 Å². The van der Waals surface area contributed by atoms with E-state index < -0.39 is 0 Å². The van der Waals surface area contributed by atoms with Crippen molar-refractivity contribution in [2.75, 3.05) is 24.5 Å². The lowest BCUT2D eigenvalue weighted by atomic mass is 9.97. The van der Waals surface area contributed by atoms with E-state index in [1.165, 1.54) is 0 Å². The Morgan fingerprint density at radius 3 is 2.97 bits per heavy atom. The molecule has 1 fully saturated rings. The topological polar surface area (TPSA) is 83.0 Å². The van der Waals surface area contributed by atoms with Crippen molar-refractivity contribution in [3.8, 4) is 0 Å². The Morgan fingerprint density at radius 2 is 2.12 bits per heavy atom. The van der Waals surface area contributed by atoms with Gasteiger partial charge in [0.1, 0.15) is 0 Å². The van der Waals surface area contributed by atoms with Gasteiger partial charge in [0.2, 0.25) is 5.91 Å². The quantitative estimate of drug-likeness (QED) is 0.437. The number of benzene rings is 2. The Labute approximate surface area is 202 Å². The highest BCUT2D eigenvalue weighted by atomic mass is 35.5. The number of anilines is 1. The van der Waals surface area contributed by atoms with Gasteiger partial charge in [-0.25, -0.2) is 4.98 Å².